The van der Waals surface area contributed by atoms with Crippen molar-refractivity contribution in [3.05, 3.63) is 64.8 Å². The van der Waals surface area contributed by atoms with Crippen molar-refractivity contribution < 1.29 is 14.1 Å². The van der Waals surface area contributed by atoms with Crippen molar-refractivity contribution in [1.82, 2.24) is 15.3 Å². The van der Waals surface area contributed by atoms with Crippen LogP contribution in [0.1, 0.15) is 24.3 Å². The Hall–Kier alpha value is -2.26. The summed E-state index contributed by atoms with van der Waals surface area (Å²) in [5, 5.41) is 17.3. The first-order valence-corrected chi connectivity index (χ1v) is 10.8. The third kappa shape index (κ3) is 6.64. The number of rotatable bonds is 10. The summed E-state index contributed by atoms with van der Waals surface area (Å²) in [5.41, 5.74) is 2.15. The van der Waals surface area contributed by atoms with Crippen LogP contribution in [-0.2, 0) is 17.3 Å². The monoisotopic (exact) mass is 436 g/mol. The molecule has 2 aromatic rings. The van der Waals surface area contributed by atoms with Gasteiger partial charge in [0.25, 0.3) is 0 Å². The number of aliphatic hydroxyl groups excluding tert-OH is 1. The molecule has 29 heavy (non-hydrogen) atoms. The van der Waals surface area contributed by atoms with Crippen molar-refractivity contribution in [3.8, 4) is 5.75 Å². The van der Waals surface area contributed by atoms with Crippen molar-refractivity contribution in [2.45, 2.75) is 24.9 Å². The van der Waals surface area contributed by atoms with E-state index in [9.17, 15) is 9.32 Å². The average Bonchev–Trinajstić information content (AvgIpc) is 2.70. The molecular formula is C20H25ClN4O3S. The van der Waals surface area contributed by atoms with Crippen LogP contribution < -0.4 is 15.4 Å². The number of methoxy groups -OCH3 is 1. The van der Waals surface area contributed by atoms with E-state index in [0.717, 1.165) is 11.1 Å². The molecule has 3 N–H and O–H groups in total. The Morgan fingerprint density at radius 1 is 1.48 bits per heavy atom. The van der Waals surface area contributed by atoms with Crippen LogP contribution in [0.4, 0.5) is 5.82 Å². The first kappa shape index (κ1) is 23.0. The molecule has 0 radical (unpaired) electrons. The number of anilines is 1. The Bertz CT molecular complexity index is 921. The molecule has 1 aromatic carbocycles. The van der Waals surface area contributed by atoms with Crippen LogP contribution in [-0.4, -0.2) is 39.2 Å². The van der Waals surface area contributed by atoms with E-state index in [1.165, 1.54) is 12.5 Å². The average molecular weight is 437 g/mol. The van der Waals surface area contributed by atoms with Crippen molar-refractivity contribution in [2.24, 2.45) is 0 Å². The van der Waals surface area contributed by atoms with Crippen molar-refractivity contribution in [1.29, 1.82) is 0 Å². The highest BCUT2D eigenvalue weighted by Gasteiger charge is 2.16. The molecule has 0 aliphatic heterocycles. The SMILES string of the molecule is C=C(C=CC)CNC(O)c1cnc(S(C)=O)nc1NCc1ccc(OC)c(Cl)c1. The van der Waals surface area contributed by atoms with Crippen LogP contribution in [0.5, 0.6) is 5.75 Å². The quantitative estimate of drug-likeness (QED) is 0.299. The van der Waals surface area contributed by atoms with Gasteiger partial charge in [0.05, 0.1) is 28.5 Å². The number of aliphatic hydroxyl groups is 1. The Morgan fingerprint density at radius 3 is 2.86 bits per heavy atom. The van der Waals surface area contributed by atoms with E-state index in [1.54, 1.807) is 19.2 Å². The second-order valence-electron chi connectivity index (χ2n) is 6.17. The summed E-state index contributed by atoms with van der Waals surface area (Å²) in [5.74, 6) is 0.969. The standard InChI is InChI=1S/C20H25ClN4O3S/c1-5-6-13(2)10-23-19(26)15-12-24-20(29(4)27)25-18(15)22-11-14-7-8-17(28-3)16(21)9-14/h5-9,12,19,23,26H,2,10-11H2,1,3-4H3,(H,22,24,25). The molecule has 2 rings (SSSR count). The molecule has 1 aromatic heterocycles. The highest BCUT2D eigenvalue weighted by atomic mass is 35.5. The topological polar surface area (TPSA) is 96.4 Å². The van der Waals surface area contributed by atoms with E-state index in [0.29, 0.717) is 35.2 Å². The van der Waals surface area contributed by atoms with Gasteiger partial charge in [-0.3, -0.25) is 9.53 Å². The lowest BCUT2D eigenvalue weighted by Crippen LogP contribution is -2.24. The van der Waals surface area contributed by atoms with Gasteiger partial charge in [0.15, 0.2) is 0 Å². The number of ether oxygens (including phenoxy) is 1. The number of aromatic nitrogens is 2. The summed E-state index contributed by atoms with van der Waals surface area (Å²) < 4.78 is 16.9. The van der Waals surface area contributed by atoms with Gasteiger partial charge >= 0.3 is 0 Å². The van der Waals surface area contributed by atoms with Gasteiger partial charge in [-0.15, -0.1) is 0 Å². The second kappa shape index (κ2) is 11.1. The van der Waals surface area contributed by atoms with Gasteiger partial charge < -0.3 is 15.2 Å². The van der Waals surface area contributed by atoms with Gasteiger partial charge in [-0.05, 0) is 30.2 Å². The zero-order chi connectivity index (χ0) is 21.4. The van der Waals surface area contributed by atoms with Crippen LogP contribution in [0, 0.1) is 0 Å². The van der Waals surface area contributed by atoms with E-state index in [4.69, 9.17) is 16.3 Å². The zero-order valence-corrected chi connectivity index (χ0v) is 18.2. The summed E-state index contributed by atoms with van der Waals surface area (Å²) in [6, 6.07) is 5.42. The van der Waals surface area contributed by atoms with E-state index in [-0.39, 0.29) is 5.16 Å². The summed E-state index contributed by atoms with van der Waals surface area (Å²) in [6.45, 7) is 6.57. The van der Waals surface area contributed by atoms with Gasteiger partial charge in [-0.1, -0.05) is 36.4 Å². The van der Waals surface area contributed by atoms with Crippen LogP contribution in [0.15, 0.2) is 53.9 Å². The minimum Gasteiger partial charge on any atom is -0.495 e. The summed E-state index contributed by atoms with van der Waals surface area (Å²) >= 11 is 6.17. The van der Waals surface area contributed by atoms with Crippen molar-refractivity contribution >= 4 is 28.2 Å². The maximum Gasteiger partial charge on any atom is 0.220 e. The summed E-state index contributed by atoms with van der Waals surface area (Å²) in [7, 11) is 0.198. The number of hydrogen-bond acceptors (Lipinski definition) is 7. The maximum atomic E-state index is 11.8. The van der Waals surface area contributed by atoms with Gasteiger partial charge in [0, 0.05) is 25.5 Å². The number of nitrogens with zero attached hydrogens (tertiary/aromatic N) is 2. The molecule has 0 bridgehead atoms. The van der Waals surface area contributed by atoms with Crippen LogP contribution in [0.3, 0.4) is 0 Å². The van der Waals surface area contributed by atoms with Crippen LogP contribution in [0.2, 0.25) is 5.02 Å². The lowest BCUT2D eigenvalue weighted by Gasteiger charge is -2.18. The molecule has 0 aliphatic carbocycles. The fourth-order valence-corrected chi connectivity index (χ4v) is 3.19. The van der Waals surface area contributed by atoms with Gasteiger partial charge in [-0.2, -0.15) is 0 Å². The van der Waals surface area contributed by atoms with E-state index < -0.39 is 17.0 Å². The van der Waals surface area contributed by atoms with Crippen molar-refractivity contribution in [2.75, 3.05) is 25.2 Å². The minimum absolute atomic E-state index is 0.175. The largest absolute Gasteiger partial charge is 0.495 e. The number of hydrogen-bond donors (Lipinski definition) is 3. The summed E-state index contributed by atoms with van der Waals surface area (Å²) in [6.07, 6.45) is 5.66. The first-order chi connectivity index (χ1) is 13.8. The number of halogens is 1. The molecule has 0 fully saturated rings. The maximum absolute atomic E-state index is 11.8. The fourth-order valence-electron chi connectivity index (χ4n) is 2.49. The molecular weight excluding hydrogens is 412 g/mol. The molecule has 0 saturated carbocycles. The zero-order valence-electron chi connectivity index (χ0n) is 16.6. The lowest BCUT2D eigenvalue weighted by molar-refractivity contribution is 0.143. The van der Waals surface area contributed by atoms with Crippen LogP contribution >= 0.6 is 11.6 Å². The van der Waals surface area contributed by atoms with E-state index in [1.807, 2.05) is 25.1 Å². The third-order valence-corrected chi connectivity index (χ3v) is 4.95. The predicted octanol–water partition coefficient (Wildman–Crippen LogP) is 3.20. The van der Waals surface area contributed by atoms with Gasteiger partial charge in [0.1, 0.15) is 17.8 Å². The van der Waals surface area contributed by atoms with Gasteiger partial charge in [0.2, 0.25) is 5.16 Å². The molecule has 0 spiro atoms. The highest BCUT2D eigenvalue weighted by Crippen LogP contribution is 2.26. The lowest BCUT2D eigenvalue weighted by atomic mass is 10.2. The first-order valence-electron chi connectivity index (χ1n) is 8.84. The Labute approximate surface area is 178 Å². The minimum atomic E-state index is -1.36. The third-order valence-electron chi connectivity index (χ3n) is 3.95. The molecule has 0 saturated heterocycles. The van der Waals surface area contributed by atoms with Crippen LogP contribution in [0.25, 0.3) is 0 Å². The summed E-state index contributed by atoms with van der Waals surface area (Å²) in [4.78, 5) is 8.40. The highest BCUT2D eigenvalue weighted by molar-refractivity contribution is 7.84. The Balaban J connectivity index is 2.21. The number of nitrogens with one attached hydrogen (secondary N) is 2. The fraction of sp³-hybridized carbons (Fsp3) is 0.300. The van der Waals surface area contributed by atoms with Gasteiger partial charge in [-0.25, -0.2) is 9.97 Å². The molecule has 2 unspecified atom stereocenters. The molecule has 0 aliphatic rings. The molecule has 1 heterocycles. The second-order valence-corrected chi connectivity index (χ2v) is 7.86. The number of benzene rings is 1. The Morgan fingerprint density at radius 2 is 2.24 bits per heavy atom. The predicted molar refractivity (Wildman–Crippen MR) is 117 cm³/mol. The molecule has 9 heteroatoms. The number of allylic oxidation sites excluding steroid dienone is 1. The van der Waals surface area contributed by atoms with Crippen molar-refractivity contribution in [3.63, 3.8) is 0 Å². The molecule has 2 atom stereocenters. The molecule has 156 valence electrons. The normalized spacial score (nSPS) is 13.3. The Kier molecular flexibility index (Phi) is 8.78. The molecule has 0 amide bonds. The van der Waals surface area contributed by atoms with E-state index >= 15 is 0 Å². The molecule has 7 nitrogen and oxygen atoms in total. The van der Waals surface area contributed by atoms with E-state index in [2.05, 4.69) is 27.2 Å². The smallest absolute Gasteiger partial charge is 0.220 e.